The van der Waals surface area contributed by atoms with Crippen LogP contribution in [-0.4, -0.2) is 46.7 Å². The van der Waals surface area contributed by atoms with Crippen LogP contribution in [0.1, 0.15) is 17.3 Å². The van der Waals surface area contributed by atoms with Gasteiger partial charge >= 0.3 is 12.8 Å². The average molecular weight is 450 g/mol. The molecule has 1 fully saturated rings. The number of likely N-dealkylation sites (tertiary alicyclic amines) is 1. The van der Waals surface area contributed by atoms with Crippen LogP contribution < -0.4 is 10.1 Å². The van der Waals surface area contributed by atoms with Gasteiger partial charge in [-0.05, 0) is 18.2 Å². The predicted octanol–water partition coefficient (Wildman–Crippen LogP) is 2.99. The molecule has 1 N–H and O–H groups in total. The number of likely N-dealkylation sites (N-methyl/N-ethyl adjacent to an activating group) is 1. The fraction of sp³-hybridized carbons (Fsp3) is 0.389. The lowest BCUT2D eigenvalue weighted by atomic mass is 9.91. The maximum absolute atomic E-state index is 13.9. The van der Waals surface area contributed by atoms with Crippen molar-refractivity contribution in [1.29, 1.82) is 0 Å². The minimum absolute atomic E-state index is 0.0199. The van der Waals surface area contributed by atoms with Crippen molar-refractivity contribution >= 4 is 17.5 Å². The Balaban J connectivity index is 1.94. The lowest BCUT2D eigenvalue weighted by molar-refractivity contribution is -0.141. The molecule has 0 unspecified atom stereocenters. The molecule has 0 saturated carbocycles. The number of rotatable bonds is 5. The van der Waals surface area contributed by atoms with Crippen molar-refractivity contribution in [2.45, 2.75) is 18.7 Å². The number of carbonyl (C=O) groups is 2. The van der Waals surface area contributed by atoms with Crippen molar-refractivity contribution in [3.05, 3.63) is 41.5 Å². The van der Waals surface area contributed by atoms with Gasteiger partial charge in [0.25, 0.3) is 0 Å². The summed E-state index contributed by atoms with van der Waals surface area (Å²) in [6.45, 7) is -3.47. The van der Waals surface area contributed by atoms with Crippen LogP contribution in [0.15, 0.2) is 24.3 Å². The molecule has 2 heterocycles. The first-order chi connectivity index (χ1) is 14.4. The Morgan fingerprint density at radius 2 is 1.97 bits per heavy atom. The normalized spacial score (nSPS) is 19.3. The highest BCUT2D eigenvalue weighted by molar-refractivity contribution is 6.08. The Kier molecular flexibility index (Phi) is 5.87. The molecule has 31 heavy (non-hydrogen) atoms. The summed E-state index contributed by atoms with van der Waals surface area (Å²) >= 11 is 0. The van der Waals surface area contributed by atoms with Crippen LogP contribution in [0.3, 0.4) is 0 Å². The fourth-order valence-corrected chi connectivity index (χ4v) is 3.45. The second kappa shape index (κ2) is 8.12. The van der Waals surface area contributed by atoms with E-state index in [1.54, 1.807) is 0 Å². The molecule has 1 aliphatic heterocycles. The van der Waals surface area contributed by atoms with Crippen molar-refractivity contribution in [1.82, 2.24) is 14.7 Å². The number of para-hydroxylation sites is 1. The smallest absolute Gasteiger partial charge is 0.429 e. The van der Waals surface area contributed by atoms with Gasteiger partial charge in [0.15, 0.2) is 17.3 Å². The minimum Gasteiger partial charge on any atom is -0.429 e. The third kappa shape index (κ3) is 4.44. The quantitative estimate of drug-likeness (QED) is 0.562. The summed E-state index contributed by atoms with van der Waals surface area (Å²) in [5.41, 5.74) is -1.66. The van der Waals surface area contributed by atoms with E-state index < -0.39 is 59.4 Å². The van der Waals surface area contributed by atoms with Gasteiger partial charge in [-0.3, -0.25) is 14.3 Å². The molecule has 1 saturated heterocycles. The number of alkyl halides is 5. The Hall–Kier alpha value is -3.25. The van der Waals surface area contributed by atoms with E-state index in [4.69, 9.17) is 0 Å². The molecular formula is C18H16F6N4O3. The lowest BCUT2D eigenvalue weighted by Crippen LogP contribution is -2.33. The number of amides is 2. The van der Waals surface area contributed by atoms with E-state index in [1.165, 1.54) is 14.1 Å². The number of benzene rings is 1. The van der Waals surface area contributed by atoms with Crippen molar-refractivity contribution in [3.63, 3.8) is 0 Å². The van der Waals surface area contributed by atoms with Crippen LogP contribution in [0, 0.1) is 11.7 Å². The van der Waals surface area contributed by atoms with E-state index in [1.807, 2.05) is 0 Å². The molecule has 1 aromatic heterocycles. The molecule has 0 radical (unpaired) electrons. The molecule has 0 spiro atoms. The first-order valence-corrected chi connectivity index (χ1v) is 8.80. The molecular weight excluding hydrogens is 434 g/mol. The molecule has 2 amide bonds. The van der Waals surface area contributed by atoms with E-state index in [2.05, 4.69) is 15.2 Å². The third-order valence-corrected chi connectivity index (χ3v) is 4.82. The fourth-order valence-electron chi connectivity index (χ4n) is 3.45. The van der Waals surface area contributed by atoms with Crippen LogP contribution in [0.4, 0.5) is 32.0 Å². The van der Waals surface area contributed by atoms with Gasteiger partial charge in [-0.25, -0.2) is 4.39 Å². The SMILES string of the molecule is CN1C[C@H](c2cc(C(F)(F)F)nn2C)[C@@H](C(=O)Nc2cccc(F)c2OC(F)F)C1=O. The zero-order chi connectivity index (χ0) is 23.1. The first-order valence-electron chi connectivity index (χ1n) is 8.80. The van der Waals surface area contributed by atoms with Gasteiger partial charge < -0.3 is 15.0 Å². The van der Waals surface area contributed by atoms with Gasteiger partial charge in [-0.15, -0.1) is 0 Å². The van der Waals surface area contributed by atoms with Crippen molar-refractivity contribution in [2.75, 3.05) is 18.9 Å². The third-order valence-electron chi connectivity index (χ3n) is 4.82. The Bertz CT molecular complexity index is 1010. The number of hydrogen-bond donors (Lipinski definition) is 1. The average Bonchev–Trinajstić information content (AvgIpc) is 3.18. The van der Waals surface area contributed by atoms with E-state index in [-0.39, 0.29) is 12.2 Å². The van der Waals surface area contributed by atoms with Gasteiger partial charge in [0.1, 0.15) is 5.92 Å². The second-order valence-electron chi connectivity index (χ2n) is 6.86. The molecule has 0 aliphatic carbocycles. The molecule has 168 valence electrons. The number of carbonyl (C=O) groups excluding carboxylic acids is 2. The van der Waals surface area contributed by atoms with E-state index in [0.717, 1.165) is 33.8 Å². The summed E-state index contributed by atoms with van der Waals surface area (Å²) in [5.74, 6) is -6.33. The number of nitrogens with one attached hydrogen (secondary N) is 1. The summed E-state index contributed by atoms with van der Waals surface area (Å²) in [6, 6.07) is 3.78. The zero-order valence-electron chi connectivity index (χ0n) is 16.1. The number of ether oxygens (including phenoxy) is 1. The number of aromatic nitrogens is 2. The Morgan fingerprint density at radius 3 is 2.55 bits per heavy atom. The molecule has 7 nitrogen and oxygen atoms in total. The monoisotopic (exact) mass is 450 g/mol. The minimum atomic E-state index is -4.73. The molecule has 1 aromatic carbocycles. The summed E-state index contributed by atoms with van der Waals surface area (Å²) in [5, 5.41) is 5.56. The molecule has 0 bridgehead atoms. The zero-order valence-corrected chi connectivity index (χ0v) is 16.1. The van der Waals surface area contributed by atoms with Crippen LogP contribution in [0.2, 0.25) is 0 Å². The summed E-state index contributed by atoms with van der Waals surface area (Å²) in [7, 11) is 2.60. The highest BCUT2D eigenvalue weighted by atomic mass is 19.4. The van der Waals surface area contributed by atoms with E-state index >= 15 is 0 Å². The molecule has 2 atom stereocenters. The highest BCUT2D eigenvalue weighted by Gasteiger charge is 2.47. The molecule has 2 aromatic rings. The van der Waals surface area contributed by atoms with E-state index in [9.17, 15) is 35.9 Å². The van der Waals surface area contributed by atoms with Crippen molar-refractivity contribution in [3.8, 4) is 5.75 Å². The number of halogens is 6. The largest absolute Gasteiger partial charge is 0.435 e. The van der Waals surface area contributed by atoms with Crippen LogP contribution in [0.5, 0.6) is 5.75 Å². The number of anilines is 1. The van der Waals surface area contributed by atoms with Crippen LogP contribution in [-0.2, 0) is 22.8 Å². The van der Waals surface area contributed by atoms with Crippen LogP contribution >= 0.6 is 0 Å². The van der Waals surface area contributed by atoms with Gasteiger partial charge in [0.05, 0.1) is 5.69 Å². The number of hydrogen-bond acceptors (Lipinski definition) is 4. The van der Waals surface area contributed by atoms with Gasteiger partial charge in [-0.1, -0.05) is 6.07 Å². The summed E-state index contributed by atoms with van der Waals surface area (Å²) in [4.78, 5) is 26.5. The van der Waals surface area contributed by atoms with Gasteiger partial charge in [-0.2, -0.15) is 27.1 Å². The first kappa shape index (κ1) is 22.4. The maximum Gasteiger partial charge on any atom is 0.435 e. The van der Waals surface area contributed by atoms with Gasteiger partial charge in [0.2, 0.25) is 11.8 Å². The van der Waals surface area contributed by atoms with Crippen molar-refractivity contribution < 1.29 is 40.7 Å². The topological polar surface area (TPSA) is 76.5 Å². The summed E-state index contributed by atoms with van der Waals surface area (Å²) in [6.07, 6.45) is -4.73. The number of nitrogens with zero attached hydrogens (tertiary/aromatic N) is 3. The number of aryl methyl sites for hydroxylation is 1. The second-order valence-corrected chi connectivity index (χ2v) is 6.86. The lowest BCUT2D eigenvalue weighted by Gasteiger charge is -2.18. The Labute approximate surface area is 171 Å². The van der Waals surface area contributed by atoms with Crippen LogP contribution in [0.25, 0.3) is 0 Å². The maximum atomic E-state index is 13.9. The molecule has 13 heteroatoms. The van der Waals surface area contributed by atoms with Crippen molar-refractivity contribution in [2.24, 2.45) is 13.0 Å². The van der Waals surface area contributed by atoms with E-state index in [0.29, 0.717) is 0 Å². The molecule has 3 rings (SSSR count). The Morgan fingerprint density at radius 1 is 1.29 bits per heavy atom. The summed E-state index contributed by atoms with van der Waals surface area (Å²) < 4.78 is 83.1. The predicted molar refractivity (Wildman–Crippen MR) is 93.7 cm³/mol. The standard InChI is InChI=1S/C18H16F6N4O3/c1-27-7-8(11-6-12(18(22,23)24)26-28(11)2)13(16(27)30)15(29)25-10-5-3-4-9(19)14(10)31-17(20)21/h3-6,8,13,17H,7H2,1-2H3,(H,25,29)/t8-,13+/m1/s1. The van der Waals surface area contributed by atoms with Gasteiger partial charge in [0, 0.05) is 32.3 Å². The molecule has 1 aliphatic rings. The highest BCUT2D eigenvalue weighted by Crippen LogP contribution is 2.38.